The Hall–Kier alpha value is -1.89. The van der Waals surface area contributed by atoms with Crippen molar-refractivity contribution in [1.29, 1.82) is 0 Å². The highest BCUT2D eigenvalue weighted by Gasteiger charge is 2.23. The molecule has 0 spiro atoms. The second-order valence-electron chi connectivity index (χ2n) is 5.52. The van der Waals surface area contributed by atoms with Gasteiger partial charge in [-0.1, -0.05) is 0 Å². The lowest BCUT2D eigenvalue weighted by Crippen LogP contribution is -2.34. The summed E-state index contributed by atoms with van der Waals surface area (Å²) in [5, 5.41) is 0. The highest BCUT2D eigenvalue weighted by Crippen LogP contribution is 2.21. The predicted molar refractivity (Wildman–Crippen MR) is 95.2 cm³/mol. The number of ether oxygens (including phenoxy) is 1. The number of imidazole rings is 1. The Kier molecular flexibility index (Phi) is 5.99. The molecule has 24 heavy (non-hydrogen) atoms. The van der Waals surface area contributed by atoms with Crippen LogP contribution in [0.5, 0.6) is 0 Å². The Labute approximate surface area is 149 Å². The molecule has 2 aromatic heterocycles. The average Bonchev–Trinajstić information content (AvgIpc) is 2.84. The quantitative estimate of drug-likeness (QED) is 0.704. The van der Waals surface area contributed by atoms with Gasteiger partial charge in [0, 0.05) is 23.8 Å². The molecule has 0 aliphatic rings. The van der Waals surface area contributed by atoms with Crippen LogP contribution in [0, 0.1) is 13.8 Å². The standard InChI is InChI=1S/C17H22BrN3O3/c1-5-20(8-7-14(22)24-6-2)17(23)15-12(4)19-16-11(3)9-13(18)10-21(15)16/h9-10H,5-8H2,1-4H3. The minimum atomic E-state index is -0.294. The molecule has 0 N–H and O–H groups in total. The highest BCUT2D eigenvalue weighted by atomic mass is 79.9. The lowest BCUT2D eigenvalue weighted by Gasteiger charge is -2.20. The molecule has 6 nitrogen and oxygen atoms in total. The van der Waals surface area contributed by atoms with Crippen molar-refractivity contribution in [3.05, 3.63) is 33.7 Å². The first-order valence-electron chi connectivity index (χ1n) is 7.98. The molecule has 0 saturated heterocycles. The molecule has 0 atom stereocenters. The van der Waals surface area contributed by atoms with E-state index in [1.165, 1.54) is 0 Å². The van der Waals surface area contributed by atoms with Crippen LogP contribution in [0.15, 0.2) is 16.7 Å². The number of esters is 1. The summed E-state index contributed by atoms with van der Waals surface area (Å²) >= 11 is 3.46. The number of halogens is 1. The first-order chi connectivity index (χ1) is 11.4. The second-order valence-corrected chi connectivity index (χ2v) is 6.44. The van der Waals surface area contributed by atoms with Crippen LogP contribution in [0.3, 0.4) is 0 Å². The fourth-order valence-electron chi connectivity index (χ4n) is 2.65. The van der Waals surface area contributed by atoms with Crippen LogP contribution in [0.4, 0.5) is 0 Å². The van der Waals surface area contributed by atoms with Crippen molar-refractivity contribution in [2.75, 3.05) is 19.7 Å². The topological polar surface area (TPSA) is 63.9 Å². The summed E-state index contributed by atoms with van der Waals surface area (Å²) in [6, 6.07) is 1.97. The summed E-state index contributed by atoms with van der Waals surface area (Å²) < 4.78 is 7.62. The van der Waals surface area contributed by atoms with Crippen LogP contribution < -0.4 is 0 Å². The van der Waals surface area contributed by atoms with Gasteiger partial charge in [-0.15, -0.1) is 0 Å². The fraction of sp³-hybridized carbons (Fsp3) is 0.471. The monoisotopic (exact) mass is 395 g/mol. The zero-order valence-electron chi connectivity index (χ0n) is 14.4. The van der Waals surface area contributed by atoms with Gasteiger partial charge in [0.05, 0.1) is 18.7 Å². The van der Waals surface area contributed by atoms with Crippen molar-refractivity contribution in [3.8, 4) is 0 Å². The summed E-state index contributed by atoms with van der Waals surface area (Å²) in [4.78, 5) is 30.7. The number of rotatable bonds is 6. The molecule has 0 fully saturated rings. The molecular formula is C17H22BrN3O3. The molecule has 7 heteroatoms. The number of aryl methyl sites for hydroxylation is 2. The number of amides is 1. The maximum atomic E-state index is 13.0. The van der Waals surface area contributed by atoms with E-state index in [2.05, 4.69) is 20.9 Å². The zero-order valence-corrected chi connectivity index (χ0v) is 16.0. The molecule has 0 unspecified atom stereocenters. The number of carbonyl (C=O) groups is 2. The summed E-state index contributed by atoms with van der Waals surface area (Å²) in [6.45, 7) is 8.63. The van der Waals surface area contributed by atoms with Gasteiger partial charge in [0.25, 0.3) is 5.91 Å². The van der Waals surface area contributed by atoms with Gasteiger partial charge in [-0.3, -0.25) is 14.0 Å². The Balaban J connectivity index is 2.32. The minimum Gasteiger partial charge on any atom is -0.466 e. The zero-order chi connectivity index (χ0) is 17.9. The summed E-state index contributed by atoms with van der Waals surface area (Å²) in [7, 11) is 0. The normalized spacial score (nSPS) is 10.9. The third-order valence-corrected chi connectivity index (χ3v) is 4.24. The van der Waals surface area contributed by atoms with Crippen molar-refractivity contribution >= 4 is 33.5 Å². The number of aromatic nitrogens is 2. The highest BCUT2D eigenvalue weighted by molar-refractivity contribution is 9.10. The maximum Gasteiger partial charge on any atom is 0.307 e. The maximum absolute atomic E-state index is 13.0. The Morgan fingerprint density at radius 3 is 2.67 bits per heavy atom. The molecule has 2 heterocycles. The largest absolute Gasteiger partial charge is 0.466 e. The molecule has 2 rings (SSSR count). The van der Waals surface area contributed by atoms with Crippen molar-refractivity contribution in [3.63, 3.8) is 0 Å². The smallest absolute Gasteiger partial charge is 0.307 e. The van der Waals surface area contributed by atoms with Crippen molar-refractivity contribution in [1.82, 2.24) is 14.3 Å². The van der Waals surface area contributed by atoms with Gasteiger partial charge in [0.2, 0.25) is 0 Å². The number of nitrogens with zero attached hydrogens (tertiary/aromatic N) is 3. The first kappa shape index (κ1) is 18.4. The van der Waals surface area contributed by atoms with Gasteiger partial charge >= 0.3 is 5.97 Å². The molecule has 2 aromatic rings. The molecule has 130 valence electrons. The van der Waals surface area contributed by atoms with E-state index in [-0.39, 0.29) is 18.3 Å². The molecule has 0 aromatic carbocycles. The van der Waals surface area contributed by atoms with Gasteiger partial charge in [0.15, 0.2) is 0 Å². The van der Waals surface area contributed by atoms with Gasteiger partial charge in [0.1, 0.15) is 11.3 Å². The van der Waals surface area contributed by atoms with Gasteiger partial charge in [-0.05, 0) is 55.3 Å². The van der Waals surface area contributed by atoms with E-state index in [1.807, 2.05) is 37.4 Å². The third-order valence-electron chi connectivity index (χ3n) is 3.81. The second kappa shape index (κ2) is 7.79. The van der Waals surface area contributed by atoms with Crippen LogP contribution in [-0.2, 0) is 9.53 Å². The van der Waals surface area contributed by atoms with Crippen molar-refractivity contribution < 1.29 is 14.3 Å². The summed E-state index contributed by atoms with van der Waals surface area (Å²) in [6.07, 6.45) is 2.03. The van der Waals surface area contributed by atoms with Crippen LogP contribution in [0.1, 0.15) is 42.0 Å². The first-order valence-corrected chi connectivity index (χ1v) is 8.78. The lowest BCUT2D eigenvalue weighted by molar-refractivity contribution is -0.143. The lowest BCUT2D eigenvalue weighted by atomic mass is 10.2. The molecule has 0 saturated carbocycles. The number of carbonyl (C=O) groups excluding carboxylic acids is 2. The van der Waals surface area contributed by atoms with E-state index >= 15 is 0 Å². The molecule has 0 radical (unpaired) electrons. The van der Waals surface area contributed by atoms with Gasteiger partial charge in [-0.2, -0.15) is 0 Å². The molecular weight excluding hydrogens is 374 g/mol. The Morgan fingerprint density at radius 1 is 1.33 bits per heavy atom. The number of hydrogen-bond acceptors (Lipinski definition) is 4. The SMILES string of the molecule is CCOC(=O)CCN(CC)C(=O)c1c(C)nc2c(C)cc(Br)cn12. The minimum absolute atomic E-state index is 0.135. The van der Waals surface area contributed by atoms with Crippen LogP contribution in [-0.4, -0.2) is 45.9 Å². The Morgan fingerprint density at radius 2 is 2.04 bits per heavy atom. The van der Waals surface area contributed by atoms with Crippen LogP contribution in [0.25, 0.3) is 5.65 Å². The molecule has 0 bridgehead atoms. The molecule has 0 aliphatic carbocycles. The molecule has 0 aliphatic heterocycles. The van der Waals surface area contributed by atoms with Gasteiger partial charge < -0.3 is 9.64 Å². The van der Waals surface area contributed by atoms with E-state index in [0.717, 1.165) is 15.7 Å². The van der Waals surface area contributed by atoms with Crippen molar-refractivity contribution in [2.24, 2.45) is 0 Å². The van der Waals surface area contributed by atoms with E-state index in [9.17, 15) is 9.59 Å². The van der Waals surface area contributed by atoms with Crippen LogP contribution >= 0.6 is 15.9 Å². The third kappa shape index (κ3) is 3.77. The van der Waals surface area contributed by atoms with E-state index in [1.54, 1.807) is 11.8 Å². The fourth-order valence-corrected chi connectivity index (χ4v) is 3.20. The Bertz CT molecular complexity index is 770. The number of hydrogen-bond donors (Lipinski definition) is 0. The summed E-state index contributed by atoms with van der Waals surface area (Å²) in [5.74, 6) is -0.429. The van der Waals surface area contributed by atoms with Crippen LogP contribution in [0.2, 0.25) is 0 Å². The predicted octanol–water partition coefficient (Wildman–Crippen LogP) is 3.13. The van der Waals surface area contributed by atoms with E-state index in [0.29, 0.717) is 31.1 Å². The van der Waals surface area contributed by atoms with Gasteiger partial charge in [-0.25, -0.2) is 4.98 Å². The summed E-state index contributed by atoms with van der Waals surface area (Å²) in [5.41, 5.74) is 2.96. The van der Waals surface area contributed by atoms with Crippen molar-refractivity contribution in [2.45, 2.75) is 34.1 Å². The van der Waals surface area contributed by atoms with E-state index < -0.39 is 0 Å². The average molecular weight is 396 g/mol. The molecule has 1 amide bonds. The van der Waals surface area contributed by atoms with E-state index in [4.69, 9.17) is 4.74 Å². The number of pyridine rings is 1. The number of fused-ring (bicyclic) bond motifs is 1.